The van der Waals surface area contributed by atoms with Gasteiger partial charge in [0.15, 0.2) is 0 Å². The molecule has 3 nitrogen and oxygen atoms in total. The molecule has 0 radical (unpaired) electrons. The van der Waals surface area contributed by atoms with Crippen LogP contribution in [0.3, 0.4) is 0 Å². The van der Waals surface area contributed by atoms with E-state index in [0.717, 1.165) is 31.2 Å². The van der Waals surface area contributed by atoms with Gasteiger partial charge in [-0.15, -0.1) is 0 Å². The van der Waals surface area contributed by atoms with Crippen molar-refractivity contribution in [3.05, 3.63) is 42.2 Å². The third-order valence-electron chi connectivity index (χ3n) is 4.77. The summed E-state index contributed by atoms with van der Waals surface area (Å²) in [5.74, 6) is -0.107. The number of carbonyl (C=O) groups excluding carboxylic acids is 1. The van der Waals surface area contributed by atoms with Crippen LogP contribution < -0.4 is 0 Å². The van der Waals surface area contributed by atoms with Crippen molar-refractivity contribution in [1.82, 2.24) is 4.98 Å². The maximum atomic E-state index is 11.7. The second-order valence-corrected chi connectivity index (χ2v) is 7.36. The van der Waals surface area contributed by atoms with Crippen LogP contribution in [0.25, 0.3) is 0 Å². The van der Waals surface area contributed by atoms with Crippen LogP contribution in [0.1, 0.15) is 102 Å². The molecule has 0 amide bonds. The van der Waals surface area contributed by atoms with E-state index in [1.807, 2.05) is 12.1 Å². The molecular formula is C24H39NO2. The molecule has 0 aromatic carbocycles. The van der Waals surface area contributed by atoms with E-state index < -0.39 is 0 Å². The number of rotatable bonds is 17. The molecule has 0 aliphatic heterocycles. The molecule has 0 saturated carbocycles. The normalized spacial score (nSPS) is 11.1. The Hall–Kier alpha value is -1.64. The number of nitrogens with zero attached hydrogens (tertiary/aromatic N) is 1. The molecule has 1 heterocycles. The lowest BCUT2D eigenvalue weighted by atomic mass is 10.1. The van der Waals surface area contributed by atoms with Gasteiger partial charge in [0, 0.05) is 24.4 Å². The topological polar surface area (TPSA) is 39.2 Å². The summed E-state index contributed by atoms with van der Waals surface area (Å²) >= 11 is 0. The van der Waals surface area contributed by atoms with Crippen LogP contribution in [0.2, 0.25) is 0 Å². The fourth-order valence-electron chi connectivity index (χ4n) is 3.06. The highest BCUT2D eigenvalue weighted by atomic mass is 16.5. The first-order valence-corrected chi connectivity index (χ1v) is 11.0. The van der Waals surface area contributed by atoms with E-state index in [4.69, 9.17) is 4.74 Å². The molecule has 0 fully saturated rings. The molecule has 0 bridgehead atoms. The molecule has 1 aromatic rings. The number of hydrogen-bond acceptors (Lipinski definition) is 3. The van der Waals surface area contributed by atoms with E-state index in [9.17, 15) is 4.79 Å². The molecule has 27 heavy (non-hydrogen) atoms. The van der Waals surface area contributed by atoms with E-state index in [-0.39, 0.29) is 5.97 Å². The Morgan fingerprint density at radius 2 is 1.56 bits per heavy atom. The van der Waals surface area contributed by atoms with E-state index >= 15 is 0 Å². The lowest BCUT2D eigenvalue weighted by Gasteiger charge is -2.04. The molecule has 1 rings (SSSR count). The second-order valence-electron chi connectivity index (χ2n) is 7.36. The van der Waals surface area contributed by atoms with Gasteiger partial charge in [0.2, 0.25) is 0 Å². The first-order valence-electron chi connectivity index (χ1n) is 11.0. The van der Waals surface area contributed by atoms with Gasteiger partial charge in [-0.05, 0) is 38.2 Å². The number of pyridine rings is 1. The summed E-state index contributed by atoms with van der Waals surface area (Å²) in [6, 6.07) is 3.77. The second kappa shape index (κ2) is 17.8. The van der Waals surface area contributed by atoms with Gasteiger partial charge in [0.05, 0.1) is 0 Å². The SMILES string of the molecule is CCCCCCCCCC/C=C\CCCCCC(=O)OCc1cccnc1. The number of carbonyl (C=O) groups is 1. The quantitative estimate of drug-likeness (QED) is 0.165. The minimum atomic E-state index is -0.107. The highest BCUT2D eigenvalue weighted by Gasteiger charge is 2.03. The minimum Gasteiger partial charge on any atom is -0.461 e. The van der Waals surface area contributed by atoms with Crippen LogP contribution >= 0.6 is 0 Å². The van der Waals surface area contributed by atoms with E-state index in [0.29, 0.717) is 13.0 Å². The van der Waals surface area contributed by atoms with Crippen molar-refractivity contribution in [1.29, 1.82) is 0 Å². The molecule has 0 N–H and O–H groups in total. The summed E-state index contributed by atoms with van der Waals surface area (Å²) in [5, 5.41) is 0. The lowest BCUT2D eigenvalue weighted by molar-refractivity contribution is -0.145. The Morgan fingerprint density at radius 1 is 0.926 bits per heavy atom. The Morgan fingerprint density at radius 3 is 2.19 bits per heavy atom. The van der Waals surface area contributed by atoms with Gasteiger partial charge in [0.1, 0.15) is 6.61 Å². The molecule has 0 aliphatic carbocycles. The molecule has 0 spiro atoms. The van der Waals surface area contributed by atoms with Crippen molar-refractivity contribution in [2.24, 2.45) is 0 Å². The van der Waals surface area contributed by atoms with Crippen LogP contribution in [0.5, 0.6) is 0 Å². The van der Waals surface area contributed by atoms with Crippen molar-refractivity contribution >= 4 is 5.97 Å². The fourth-order valence-corrected chi connectivity index (χ4v) is 3.06. The standard InChI is InChI=1S/C24H39NO2/c1-2-3-4-5-6-7-8-9-10-11-12-13-14-15-16-19-24(26)27-22-23-18-17-20-25-21-23/h11-12,17-18,20-21H,2-10,13-16,19,22H2,1H3/b12-11-. The summed E-state index contributed by atoms with van der Waals surface area (Å²) in [7, 11) is 0. The fraction of sp³-hybridized carbons (Fsp3) is 0.667. The Balaban J connectivity index is 1.82. The zero-order chi connectivity index (χ0) is 19.4. The zero-order valence-electron chi connectivity index (χ0n) is 17.3. The molecular weight excluding hydrogens is 334 g/mol. The minimum absolute atomic E-state index is 0.107. The van der Waals surface area contributed by atoms with E-state index in [1.165, 1.54) is 57.8 Å². The Labute approximate surface area is 166 Å². The summed E-state index contributed by atoms with van der Waals surface area (Å²) in [5.41, 5.74) is 0.937. The van der Waals surface area contributed by atoms with Crippen molar-refractivity contribution in [2.75, 3.05) is 0 Å². The summed E-state index contributed by atoms with van der Waals surface area (Å²) < 4.78 is 5.25. The number of unbranched alkanes of at least 4 members (excludes halogenated alkanes) is 11. The monoisotopic (exact) mass is 373 g/mol. The molecule has 152 valence electrons. The highest BCUT2D eigenvalue weighted by molar-refractivity contribution is 5.69. The number of aromatic nitrogens is 1. The van der Waals surface area contributed by atoms with Gasteiger partial charge in [-0.3, -0.25) is 9.78 Å². The number of esters is 1. The van der Waals surface area contributed by atoms with Gasteiger partial charge in [-0.25, -0.2) is 0 Å². The number of allylic oxidation sites excluding steroid dienone is 2. The van der Waals surface area contributed by atoms with Gasteiger partial charge in [-0.2, -0.15) is 0 Å². The van der Waals surface area contributed by atoms with Crippen LogP contribution in [0, 0.1) is 0 Å². The van der Waals surface area contributed by atoms with Crippen molar-refractivity contribution < 1.29 is 9.53 Å². The predicted molar refractivity (Wildman–Crippen MR) is 113 cm³/mol. The maximum Gasteiger partial charge on any atom is 0.306 e. The largest absolute Gasteiger partial charge is 0.461 e. The predicted octanol–water partition coefficient (Wildman–Crippen LogP) is 7.16. The first-order chi connectivity index (χ1) is 13.3. The smallest absolute Gasteiger partial charge is 0.306 e. The van der Waals surface area contributed by atoms with Crippen molar-refractivity contribution in [3.8, 4) is 0 Å². The van der Waals surface area contributed by atoms with Crippen LogP contribution in [0.4, 0.5) is 0 Å². The van der Waals surface area contributed by atoms with Crippen molar-refractivity contribution in [3.63, 3.8) is 0 Å². The van der Waals surface area contributed by atoms with E-state index in [2.05, 4.69) is 24.1 Å². The molecule has 3 heteroatoms. The third-order valence-corrected chi connectivity index (χ3v) is 4.77. The van der Waals surface area contributed by atoms with Gasteiger partial charge < -0.3 is 4.74 Å². The zero-order valence-corrected chi connectivity index (χ0v) is 17.3. The first kappa shape index (κ1) is 23.4. The number of hydrogen-bond donors (Lipinski definition) is 0. The Bertz CT molecular complexity index is 484. The van der Waals surface area contributed by atoms with Gasteiger partial charge in [0.25, 0.3) is 0 Å². The van der Waals surface area contributed by atoms with E-state index in [1.54, 1.807) is 12.4 Å². The number of ether oxygens (including phenoxy) is 1. The Kier molecular flexibility index (Phi) is 15.4. The van der Waals surface area contributed by atoms with Crippen LogP contribution in [-0.4, -0.2) is 11.0 Å². The third kappa shape index (κ3) is 15.1. The van der Waals surface area contributed by atoms with Crippen LogP contribution in [0.15, 0.2) is 36.7 Å². The van der Waals surface area contributed by atoms with Crippen LogP contribution in [-0.2, 0) is 16.1 Å². The van der Waals surface area contributed by atoms with Gasteiger partial charge >= 0.3 is 5.97 Å². The molecule has 0 atom stereocenters. The maximum absolute atomic E-state index is 11.7. The molecule has 0 saturated heterocycles. The average Bonchev–Trinajstić information content (AvgIpc) is 2.70. The molecule has 0 unspecified atom stereocenters. The van der Waals surface area contributed by atoms with Gasteiger partial charge in [-0.1, -0.05) is 76.5 Å². The summed E-state index contributed by atoms with van der Waals surface area (Å²) in [4.78, 5) is 15.7. The molecule has 1 aromatic heterocycles. The lowest BCUT2D eigenvalue weighted by Crippen LogP contribution is -2.04. The highest BCUT2D eigenvalue weighted by Crippen LogP contribution is 2.10. The van der Waals surface area contributed by atoms with Crippen molar-refractivity contribution in [2.45, 2.75) is 103 Å². The summed E-state index contributed by atoms with van der Waals surface area (Å²) in [6.07, 6.45) is 25.2. The summed E-state index contributed by atoms with van der Waals surface area (Å²) in [6.45, 7) is 2.60. The molecule has 0 aliphatic rings. The average molecular weight is 374 g/mol.